The minimum atomic E-state index is -3.91. The molecule has 1 aliphatic carbocycles. The first-order chi connectivity index (χ1) is 9.70. The molecule has 0 heterocycles. The highest BCUT2D eigenvalue weighted by atomic mass is 32.2. The van der Waals surface area contributed by atoms with Gasteiger partial charge in [0.25, 0.3) is 0 Å². The van der Waals surface area contributed by atoms with Gasteiger partial charge in [-0.3, -0.25) is 0 Å². The van der Waals surface area contributed by atoms with E-state index in [0.29, 0.717) is 17.5 Å². The van der Waals surface area contributed by atoms with Crippen molar-refractivity contribution in [3.8, 4) is 0 Å². The number of carbonyl (C=O) groups is 1. The molecule has 1 saturated carbocycles. The summed E-state index contributed by atoms with van der Waals surface area (Å²) in [6.45, 7) is 4.31. The molecule has 3 unspecified atom stereocenters. The van der Waals surface area contributed by atoms with Crippen molar-refractivity contribution < 1.29 is 18.3 Å². The van der Waals surface area contributed by atoms with Crippen molar-refractivity contribution >= 4 is 21.7 Å². The molecule has 7 heteroatoms. The van der Waals surface area contributed by atoms with E-state index in [1.54, 1.807) is 0 Å². The highest BCUT2D eigenvalue weighted by Gasteiger charge is 2.30. The van der Waals surface area contributed by atoms with Crippen LogP contribution in [0.3, 0.4) is 0 Å². The topological polar surface area (TPSA) is 109 Å². The average molecular weight is 312 g/mol. The van der Waals surface area contributed by atoms with Crippen molar-refractivity contribution in [2.75, 3.05) is 5.32 Å². The van der Waals surface area contributed by atoms with Crippen molar-refractivity contribution in [2.45, 2.75) is 37.6 Å². The second-order valence-corrected chi connectivity index (χ2v) is 7.28. The number of rotatable bonds is 4. The van der Waals surface area contributed by atoms with Crippen molar-refractivity contribution in [3.63, 3.8) is 0 Å². The van der Waals surface area contributed by atoms with Gasteiger partial charge in [0.1, 0.15) is 0 Å². The standard InChI is InChI=1S/C14H20N2O4S/c1-8-3-5-12(9(8)2)16-13-6-4-10(21(15,19)20)7-11(13)14(17)18/h4,6-9,12,16H,3,5H2,1-2H3,(H,17,18)(H2,15,19,20). The van der Waals surface area contributed by atoms with E-state index in [2.05, 4.69) is 19.2 Å². The summed E-state index contributed by atoms with van der Waals surface area (Å²) in [5, 5.41) is 17.5. The lowest BCUT2D eigenvalue weighted by Crippen LogP contribution is -2.25. The lowest BCUT2D eigenvalue weighted by Gasteiger charge is -2.22. The maximum atomic E-state index is 11.3. The van der Waals surface area contributed by atoms with Crippen LogP contribution in [0.5, 0.6) is 0 Å². The van der Waals surface area contributed by atoms with Crippen LogP contribution in [0.15, 0.2) is 23.1 Å². The summed E-state index contributed by atoms with van der Waals surface area (Å²) >= 11 is 0. The Kier molecular flexibility index (Phi) is 4.25. The maximum Gasteiger partial charge on any atom is 0.337 e. The van der Waals surface area contributed by atoms with Gasteiger partial charge < -0.3 is 10.4 Å². The number of sulfonamides is 1. The van der Waals surface area contributed by atoms with Crippen molar-refractivity contribution in [1.29, 1.82) is 0 Å². The van der Waals surface area contributed by atoms with E-state index in [-0.39, 0.29) is 16.5 Å². The molecule has 6 nitrogen and oxygen atoms in total. The summed E-state index contributed by atoms with van der Waals surface area (Å²) in [4.78, 5) is 11.1. The van der Waals surface area contributed by atoms with E-state index in [1.807, 2.05) is 0 Å². The third kappa shape index (κ3) is 3.36. The second kappa shape index (κ2) is 5.65. The predicted molar refractivity (Wildman–Crippen MR) is 79.7 cm³/mol. The Morgan fingerprint density at radius 2 is 2.00 bits per heavy atom. The smallest absolute Gasteiger partial charge is 0.337 e. The fourth-order valence-corrected chi connectivity index (χ4v) is 3.31. The van der Waals surface area contributed by atoms with E-state index in [0.717, 1.165) is 18.9 Å². The Hall–Kier alpha value is -1.60. The van der Waals surface area contributed by atoms with Crippen LogP contribution in [0.2, 0.25) is 0 Å². The van der Waals surface area contributed by atoms with Gasteiger partial charge in [-0.1, -0.05) is 13.8 Å². The normalized spacial score (nSPS) is 25.8. The van der Waals surface area contributed by atoms with Gasteiger partial charge in [-0.2, -0.15) is 0 Å². The molecule has 0 aromatic heterocycles. The Balaban J connectivity index is 2.34. The predicted octanol–water partition coefficient (Wildman–Crippen LogP) is 1.88. The molecule has 0 aliphatic heterocycles. The zero-order chi connectivity index (χ0) is 15.8. The third-order valence-electron chi connectivity index (χ3n) is 4.36. The molecule has 116 valence electrons. The molecule has 0 saturated heterocycles. The fraction of sp³-hybridized carbons (Fsp3) is 0.500. The van der Waals surface area contributed by atoms with Gasteiger partial charge in [0.2, 0.25) is 10.0 Å². The van der Waals surface area contributed by atoms with Crippen LogP contribution in [-0.2, 0) is 10.0 Å². The van der Waals surface area contributed by atoms with Crippen molar-refractivity contribution in [3.05, 3.63) is 23.8 Å². The molecule has 1 aromatic carbocycles. The highest BCUT2D eigenvalue weighted by Crippen LogP contribution is 2.34. The first kappa shape index (κ1) is 15.8. The zero-order valence-electron chi connectivity index (χ0n) is 12.0. The van der Waals surface area contributed by atoms with Gasteiger partial charge in [0, 0.05) is 11.7 Å². The number of aromatic carboxylic acids is 1. The molecule has 1 fully saturated rings. The molecule has 0 amide bonds. The molecule has 0 spiro atoms. The van der Waals surface area contributed by atoms with Crippen LogP contribution in [0.25, 0.3) is 0 Å². The summed E-state index contributed by atoms with van der Waals surface area (Å²) in [5.74, 6) is -0.161. The van der Waals surface area contributed by atoms with Crippen LogP contribution < -0.4 is 10.5 Å². The van der Waals surface area contributed by atoms with Crippen molar-refractivity contribution in [2.24, 2.45) is 17.0 Å². The number of carboxylic acid groups (broad SMARTS) is 1. The number of nitrogens with one attached hydrogen (secondary N) is 1. The van der Waals surface area contributed by atoms with Gasteiger partial charge in [-0.15, -0.1) is 0 Å². The molecule has 1 aliphatic rings. The van der Waals surface area contributed by atoms with Gasteiger partial charge in [0.15, 0.2) is 0 Å². The number of hydrogen-bond acceptors (Lipinski definition) is 4. The lowest BCUT2D eigenvalue weighted by atomic mass is 9.97. The van der Waals surface area contributed by atoms with Crippen LogP contribution in [0, 0.1) is 11.8 Å². The van der Waals surface area contributed by atoms with Gasteiger partial charge >= 0.3 is 5.97 Å². The van der Waals surface area contributed by atoms with E-state index in [4.69, 9.17) is 5.14 Å². The number of benzene rings is 1. The minimum absolute atomic E-state index is 0.0757. The second-order valence-electron chi connectivity index (χ2n) is 5.72. The van der Waals surface area contributed by atoms with E-state index in [9.17, 15) is 18.3 Å². The monoisotopic (exact) mass is 312 g/mol. The van der Waals surface area contributed by atoms with Crippen LogP contribution in [0.4, 0.5) is 5.69 Å². The molecule has 1 aromatic rings. The summed E-state index contributed by atoms with van der Waals surface area (Å²) < 4.78 is 22.6. The molecule has 2 rings (SSSR count). The minimum Gasteiger partial charge on any atom is -0.478 e. The van der Waals surface area contributed by atoms with E-state index in [1.165, 1.54) is 12.1 Å². The summed E-state index contributed by atoms with van der Waals surface area (Å²) in [6.07, 6.45) is 2.06. The maximum absolute atomic E-state index is 11.3. The Morgan fingerprint density at radius 1 is 1.33 bits per heavy atom. The summed E-state index contributed by atoms with van der Waals surface area (Å²) in [7, 11) is -3.91. The molecule has 3 atom stereocenters. The molecule has 21 heavy (non-hydrogen) atoms. The van der Waals surface area contributed by atoms with E-state index < -0.39 is 16.0 Å². The first-order valence-corrected chi connectivity index (χ1v) is 8.41. The zero-order valence-corrected chi connectivity index (χ0v) is 12.9. The number of nitrogens with two attached hydrogens (primary N) is 1. The van der Waals surface area contributed by atoms with E-state index >= 15 is 0 Å². The number of primary sulfonamides is 1. The Morgan fingerprint density at radius 3 is 2.48 bits per heavy atom. The molecular weight excluding hydrogens is 292 g/mol. The highest BCUT2D eigenvalue weighted by molar-refractivity contribution is 7.89. The van der Waals surface area contributed by atoms with Crippen molar-refractivity contribution in [1.82, 2.24) is 0 Å². The Labute approximate surface area is 124 Å². The quantitative estimate of drug-likeness (QED) is 0.786. The summed E-state index contributed by atoms with van der Waals surface area (Å²) in [5.41, 5.74) is 0.356. The molecular formula is C14H20N2O4S. The number of hydrogen-bond donors (Lipinski definition) is 3. The summed E-state index contributed by atoms with van der Waals surface area (Å²) in [6, 6.07) is 4.09. The molecule has 0 radical (unpaired) electrons. The average Bonchev–Trinajstić information content (AvgIpc) is 2.69. The largest absolute Gasteiger partial charge is 0.478 e. The number of carboxylic acids is 1. The SMILES string of the molecule is CC1CCC(Nc2ccc(S(N)(=O)=O)cc2C(=O)O)C1C. The molecule has 0 bridgehead atoms. The Bertz CT molecular complexity index is 657. The van der Waals surface area contributed by atoms with Gasteiger partial charge in [-0.25, -0.2) is 18.4 Å². The van der Waals surface area contributed by atoms with Crippen LogP contribution in [0.1, 0.15) is 37.0 Å². The van der Waals surface area contributed by atoms with Crippen LogP contribution in [-0.4, -0.2) is 25.5 Å². The lowest BCUT2D eigenvalue weighted by molar-refractivity contribution is 0.0697. The third-order valence-corrected chi connectivity index (χ3v) is 5.27. The molecule has 4 N–H and O–H groups in total. The van der Waals surface area contributed by atoms with Gasteiger partial charge in [-0.05, 0) is 42.9 Å². The fourth-order valence-electron chi connectivity index (χ4n) is 2.77. The first-order valence-electron chi connectivity index (χ1n) is 6.87. The van der Waals surface area contributed by atoms with Crippen LogP contribution >= 0.6 is 0 Å². The number of anilines is 1. The van der Waals surface area contributed by atoms with Gasteiger partial charge in [0.05, 0.1) is 10.5 Å².